The van der Waals surface area contributed by atoms with Crippen molar-refractivity contribution in [3.05, 3.63) is 0 Å². The Labute approximate surface area is 49.5 Å². The molecular weight excluding hydrogens is 102 g/mol. The Bertz CT molecular complexity index is 118. The van der Waals surface area contributed by atoms with E-state index in [1.807, 2.05) is 20.1 Å². The average molecular weight is 113 g/mol. The standard InChI is InChI=1S/C6H11NO/c1-5-4-7-8-6(5,2)3/h4-5H,1-3H3. The second-order valence-electron chi connectivity index (χ2n) is 2.74. The first-order chi connectivity index (χ1) is 3.63. The first kappa shape index (κ1) is 5.60. The summed E-state index contributed by atoms with van der Waals surface area (Å²) in [4.78, 5) is 5.02. The molecule has 0 saturated carbocycles. The summed E-state index contributed by atoms with van der Waals surface area (Å²) in [5.74, 6) is 0.447. The highest BCUT2D eigenvalue weighted by Gasteiger charge is 2.30. The van der Waals surface area contributed by atoms with Crippen LogP contribution in [-0.2, 0) is 4.84 Å². The van der Waals surface area contributed by atoms with Crippen LogP contribution in [0.15, 0.2) is 5.16 Å². The number of nitrogens with zero attached hydrogens (tertiary/aromatic N) is 1. The van der Waals surface area contributed by atoms with E-state index in [0.717, 1.165) is 0 Å². The van der Waals surface area contributed by atoms with Gasteiger partial charge in [0, 0.05) is 5.92 Å². The van der Waals surface area contributed by atoms with Crippen molar-refractivity contribution in [2.75, 3.05) is 0 Å². The molecule has 1 unspecified atom stereocenters. The zero-order valence-electron chi connectivity index (χ0n) is 5.51. The summed E-state index contributed by atoms with van der Waals surface area (Å²) in [7, 11) is 0. The first-order valence-corrected chi connectivity index (χ1v) is 2.84. The third kappa shape index (κ3) is 0.703. The van der Waals surface area contributed by atoms with Crippen LogP contribution in [-0.4, -0.2) is 11.8 Å². The molecule has 0 saturated heterocycles. The van der Waals surface area contributed by atoms with Crippen LogP contribution in [0.1, 0.15) is 20.8 Å². The van der Waals surface area contributed by atoms with E-state index >= 15 is 0 Å². The SMILES string of the molecule is CC1C=NOC1(C)C. The van der Waals surface area contributed by atoms with Gasteiger partial charge < -0.3 is 4.84 Å². The molecule has 0 aromatic rings. The minimum Gasteiger partial charge on any atom is -0.389 e. The van der Waals surface area contributed by atoms with E-state index in [9.17, 15) is 0 Å². The van der Waals surface area contributed by atoms with Crippen LogP contribution in [0.4, 0.5) is 0 Å². The summed E-state index contributed by atoms with van der Waals surface area (Å²) < 4.78 is 0. The van der Waals surface area contributed by atoms with E-state index in [1.54, 1.807) is 0 Å². The van der Waals surface area contributed by atoms with Crippen LogP contribution in [0, 0.1) is 5.92 Å². The lowest BCUT2D eigenvalue weighted by atomic mass is 9.95. The summed E-state index contributed by atoms with van der Waals surface area (Å²) in [6.45, 7) is 6.16. The third-order valence-corrected chi connectivity index (χ3v) is 1.67. The van der Waals surface area contributed by atoms with Crippen LogP contribution in [0.3, 0.4) is 0 Å². The minimum absolute atomic E-state index is 0.0694. The fourth-order valence-electron chi connectivity index (χ4n) is 0.520. The molecule has 1 heterocycles. The Hall–Kier alpha value is -0.530. The molecular formula is C6H11NO. The molecule has 2 nitrogen and oxygen atoms in total. The summed E-state index contributed by atoms with van der Waals surface area (Å²) >= 11 is 0. The van der Waals surface area contributed by atoms with Crippen LogP contribution in [0.2, 0.25) is 0 Å². The van der Waals surface area contributed by atoms with Gasteiger partial charge in [0.25, 0.3) is 0 Å². The lowest BCUT2D eigenvalue weighted by Gasteiger charge is -2.19. The van der Waals surface area contributed by atoms with E-state index in [4.69, 9.17) is 4.84 Å². The molecule has 0 radical (unpaired) electrons. The fourth-order valence-corrected chi connectivity index (χ4v) is 0.520. The van der Waals surface area contributed by atoms with Crippen molar-refractivity contribution in [1.82, 2.24) is 0 Å². The number of oxime groups is 1. The van der Waals surface area contributed by atoms with Gasteiger partial charge in [0.1, 0.15) is 5.60 Å². The van der Waals surface area contributed by atoms with E-state index < -0.39 is 0 Å². The third-order valence-electron chi connectivity index (χ3n) is 1.67. The highest BCUT2D eigenvalue weighted by Crippen LogP contribution is 2.24. The van der Waals surface area contributed by atoms with Gasteiger partial charge in [-0.25, -0.2) is 0 Å². The molecule has 2 heteroatoms. The largest absolute Gasteiger partial charge is 0.389 e. The molecule has 1 atom stereocenters. The van der Waals surface area contributed by atoms with Gasteiger partial charge in [0.05, 0.1) is 6.21 Å². The lowest BCUT2D eigenvalue weighted by molar-refractivity contribution is -0.0102. The Morgan fingerprint density at radius 1 is 1.62 bits per heavy atom. The molecule has 1 aliphatic rings. The number of hydrogen-bond acceptors (Lipinski definition) is 2. The van der Waals surface area contributed by atoms with Gasteiger partial charge in [0.2, 0.25) is 0 Å². The maximum absolute atomic E-state index is 5.02. The molecule has 0 spiro atoms. The van der Waals surface area contributed by atoms with Gasteiger partial charge in [-0.3, -0.25) is 0 Å². The summed E-state index contributed by atoms with van der Waals surface area (Å²) in [6.07, 6.45) is 1.83. The van der Waals surface area contributed by atoms with E-state index in [0.29, 0.717) is 5.92 Å². The number of hydrogen-bond donors (Lipinski definition) is 0. The van der Waals surface area contributed by atoms with E-state index in [2.05, 4.69) is 12.1 Å². The summed E-state index contributed by atoms with van der Waals surface area (Å²) in [5.41, 5.74) is -0.0694. The molecule has 0 aromatic carbocycles. The molecule has 0 aromatic heterocycles. The summed E-state index contributed by atoms with van der Waals surface area (Å²) in [5, 5.41) is 3.69. The molecule has 46 valence electrons. The maximum Gasteiger partial charge on any atom is 0.139 e. The molecule has 8 heavy (non-hydrogen) atoms. The molecule has 0 bridgehead atoms. The normalized spacial score (nSPS) is 32.6. The molecule has 0 fully saturated rings. The van der Waals surface area contributed by atoms with E-state index in [1.165, 1.54) is 0 Å². The van der Waals surface area contributed by atoms with Gasteiger partial charge in [-0.2, -0.15) is 0 Å². The fraction of sp³-hybridized carbons (Fsp3) is 0.833. The van der Waals surface area contributed by atoms with Crippen molar-refractivity contribution in [3.63, 3.8) is 0 Å². The van der Waals surface area contributed by atoms with Gasteiger partial charge in [0.15, 0.2) is 0 Å². The van der Waals surface area contributed by atoms with Crippen LogP contribution in [0.5, 0.6) is 0 Å². The summed E-state index contributed by atoms with van der Waals surface area (Å²) in [6, 6.07) is 0. The molecule has 0 amide bonds. The second kappa shape index (κ2) is 1.47. The van der Waals surface area contributed by atoms with Crippen molar-refractivity contribution in [2.24, 2.45) is 11.1 Å². The van der Waals surface area contributed by atoms with Crippen molar-refractivity contribution in [1.29, 1.82) is 0 Å². The molecule has 0 N–H and O–H groups in total. The highest BCUT2D eigenvalue weighted by molar-refractivity contribution is 5.62. The van der Waals surface area contributed by atoms with Crippen LogP contribution < -0.4 is 0 Å². The quantitative estimate of drug-likeness (QED) is 0.465. The Morgan fingerprint density at radius 3 is 2.38 bits per heavy atom. The molecule has 1 aliphatic heterocycles. The second-order valence-corrected chi connectivity index (χ2v) is 2.74. The van der Waals surface area contributed by atoms with Gasteiger partial charge in [-0.1, -0.05) is 12.1 Å². The predicted molar refractivity (Wildman–Crippen MR) is 32.8 cm³/mol. The van der Waals surface area contributed by atoms with Crippen molar-refractivity contribution >= 4 is 6.21 Å². The number of rotatable bonds is 0. The molecule has 0 aliphatic carbocycles. The first-order valence-electron chi connectivity index (χ1n) is 2.84. The van der Waals surface area contributed by atoms with Crippen molar-refractivity contribution < 1.29 is 4.84 Å². The van der Waals surface area contributed by atoms with Gasteiger partial charge in [-0.15, -0.1) is 0 Å². The van der Waals surface area contributed by atoms with Crippen molar-refractivity contribution in [3.8, 4) is 0 Å². The van der Waals surface area contributed by atoms with Crippen LogP contribution >= 0.6 is 0 Å². The van der Waals surface area contributed by atoms with Crippen molar-refractivity contribution in [2.45, 2.75) is 26.4 Å². The lowest BCUT2D eigenvalue weighted by Crippen LogP contribution is -2.26. The van der Waals surface area contributed by atoms with E-state index in [-0.39, 0.29) is 5.60 Å². The molecule has 1 rings (SSSR count). The Balaban J connectivity index is 2.64. The average Bonchev–Trinajstić information content (AvgIpc) is 1.86. The Morgan fingerprint density at radius 2 is 2.25 bits per heavy atom. The zero-order chi connectivity index (χ0) is 6.20. The Kier molecular flexibility index (Phi) is 1.03. The topological polar surface area (TPSA) is 21.6 Å². The smallest absolute Gasteiger partial charge is 0.139 e. The maximum atomic E-state index is 5.02. The van der Waals surface area contributed by atoms with Crippen LogP contribution in [0.25, 0.3) is 0 Å². The minimum atomic E-state index is -0.0694. The monoisotopic (exact) mass is 113 g/mol. The highest BCUT2D eigenvalue weighted by atomic mass is 16.7. The predicted octanol–water partition coefficient (Wildman–Crippen LogP) is 1.42. The van der Waals surface area contributed by atoms with Gasteiger partial charge in [-0.05, 0) is 13.8 Å². The van der Waals surface area contributed by atoms with Gasteiger partial charge >= 0.3 is 0 Å². The zero-order valence-corrected chi connectivity index (χ0v) is 5.51.